The first-order valence-electron chi connectivity index (χ1n) is 15.8. The molecule has 0 amide bonds. The van der Waals surface area contributed by atoms with Gasteiger partial charge in [0.1, 0.15) is 6.10 Å². The first kappa shape index (κ1) is 27.8. The third kappa shape index (κ3) is 5.20. The number of fused-ring (bicyclic) bond motifs is 5. The molecular weight excluding hydrogens is 466 g/mol. The Kier molecular flexibility index (Phi) is 8.05. The summed E-state index contributed by atoms with van der Waals surface area (Å²) in [6.45, 7) is 14.1. The van der Waals surface area contributed by atoms with E-state index in [4.69, 9.17) is 4.74 Å². The lowest BCUT2D eigenvalue weighted by Gasteiger charge is -2.60. The molecule has 0 aliphatic heterocycles. The van der Waals surface area contributed by atoms with Crippen LogP contribution in [0.1, 0.15) is 106 Å². The molecule has 5 rings (SSSR count). The second kappa shape index (κ2) is 11.0. The van der Waals surface area contributed by atoms with Crippen LogP contribution >= 0.6 is 0 Å². The van der Waals surface area contributed by atoms with Gasteiger partial charge in [-0.15, -0.1) is 0 Å². The molecule has 4 aliphatic carbocycles. The van der Waals surface area contributed by atoms with Crippen LogP contribution in [0.5, 0.6) is 0 Å². The third-order valence-electron chi connectivity index (χ3n) is 11.8. The Bertz CT molecular complexity index is 1000. The summed E-state index contributed by atoms with van der Waals surface area (Å²) in [6, 6.07) is 11.2. The summed E-state index contributed by atoms with van der Waals surface area (Å²) in [5.41, 5.74) is 3.46. The van der Waals surface area contributed by atoms with Crippen LogP contribution in [0.4, 0.5) is 5.69 Å². The molecule has 0 heterocycles. The number of hydrogen-bond acceptors (Lipinski definition) is 3. The summed E-state index contributed by atoms with van der Waals surface area (Å²) in [4.78, 5) is 11.8. The first-order valence-corrected chi connectivity index (χ1v) is 15.8. The Morgan fingerprint density at radius 1 is 1.00 bits per heavy atom. The standard InChI is InChI=1S/C35H53NO2/c1-23(2)11-10-12-24(3)29-15-16-30-33-31(18-20-35(29,30)6)34(5)19-17-28(38-25(4)37)21-26(34)22-32(33)36-27-13-8-7-9-14-27/h7-9,13-14,22-24,28-33,36H,10-12,15-21H2,1-6H3/t24-,28+,29-,30+,31+,32+,33+,34+,35-/m1/s1. The third-order valence-corrected chi connectivity index (χ3v) is 11.8. The van der Waals surface area contributed by atoms with Crippen molar-refractivity contribution in [3.8, 4) is 0 Å². The highest BCUT2D eigenvalue weighted by molar-refractivity contribution is 5.66. The van der Waals surface area contributed by atoms with E-state index in [0.29, 0.717) is 23.3 Å². The molecule has 0 bridgehead atoms. The van der Waals surface area contributed by atoms with E-state index in [1.54, 1.807) is 12.5 Å². The Morgan fingerprint density at radius 3 is 2.47 bits per heavy atom. The molecule has 0 radical (unpaired) electrons. The topological polar surface area (TPSA) is 38.3 Å². The van der Waals surface area contributed by atoms with E-state index in [9.17, 15) is 4.79 Å². The number of rotatable bonds is 8. The van der Waals surface area contributed by atoms with E-state index in [1.165, 1.54) is 50.6 Å². The molecule has 3 saturated carbocycles. The Hall–Kier alpha value is -1.77. The van der Waals surface area contributed by atoms with Crippen molar-refractivity contribution in [3.05, 3.63) is 42.0 Å². The highest BCUT2D eigenvalue weighted by Crippen LogP contribution is 2.67. The Labute approximate surface area is 232 Å². The van der Waals surface area contributed by atoms with Gasteiger partial charge in [0.15, 0.2) is 0 Å². The fraction of sp³-hybridized carbons (Fsp3) is 0.743. The summed E-state index contributed by atoms with van der Waals surface area (Å²) in [7, 11) is 0. The van der Waals surface area contributed by atoms with Crippen molar-refractivity contribution in [2.24, 2.45) is 46.3 Å². The van der Waals surface area contributed by atoms with Gasteiger partial charge >= 0.3 is 5.97 Å². The maximum absolute atomic E-state index is 11.8. The number of benzene rings is 1. The monoisotopic (exact) mass is 519 g/mol. The highest BCUT2D eigenvalue weighted by atomic mass is 16.5. The van der Waals surface area contributed by atoms with Gasteiger partial charge in [-0.05, 0) is 97.0 Å². The highest BCUT2D eigenvalue weighted by Gasteiger charge is 2.61. The zero-order valence-corrected chi connectivity index (χ0v) is 25.0. The molecule has 1 N–H and O–H groups in total. The van der Waals surface area contributed by atoms with Gasteiger partial charge < -0.3 is 10.1 Å². The molecule has 4 aliphatic rings. The fourth-order valence-electron chi connectivity index (χ4n) is 9.88. The van der Waals surface area contributed by atoms with E-state index in [0.717, 1.165) is 42.9 Å². The van der Waals surface area contributed by atoms with Crippen molar-refractivity contribution in [2.75, 3.05) is 5.32 Å². The van der Waals surface area contributed by atoms with Crippen molar-refractivity contribution < 1.29 is 9.53 Å². The lowest BCUT2D eigenvalue weighted by atomic mass is 9.46. The summed E-state index contributed by atoms with van der Waals surface area (Å²) < 4.78 is 5.75. The van der Waals surface area contributed by atoms with Crippen LogP contribution in [0, 0.1) is 46.3 Å². The van der Waals surface area contributed by atoms with E-state index in [-0.39, 0.29) is 17.5 Å². The number of carbonyl (C=O) groups is 1. The van der Waals surface area contributed by atoms with Gasteiger partial charge in [-0.25, -0.2) is 0 Å². The molecule has 1 aromatic carbocycles. The van der Waals surface area contributed by atoms with Gasteiger partial charge in [0.2, 0.25) is 0 Å². The lowest BCUT2D eigenvalue weighted by molar-refractivity contribution is -0.148. The number of anilines is 1. The number of hydrogen-bond donors (Lipinski definition) is 1. The van der Waals surface area contributed by atoms with Crippen LogP contribution < -0.4 is 5.32 Å². The minimum atomic E-state index is -0.139. The zero-order chi connectivity index (χ0) is 27.1. The minimum absolute atomic E-state index is 0.0390. The smallest absolute Gasteiger partial charge is 0.302 e. The summed E-state index contributed by atoms with van der Waals surface area (Å²) in [6.07, 6.45) is 15.4. The predicted molar refractivity (Wildman–Crippen MR) is 158 cm³/mol. The molecule has 1 aromatic rings. The minimum Gasteiger partial charge on any atom is -0.462 e. The predicted octanol–water partition coefficient (Wildman–Crippen LogP) is 9.05. The molecule has 210 valence electrons. The average molecular weight is 520 g/mol. The van der Waals surface area contributed by atoms with Crippen LogP contribution in [0.3, 0.4) is 0 Å². The van der Waals surface area contributed by atoms with Gasteiger partial charge in [0, 0.05) is 25.1 Å². The maximum atomic E-state index is 11.8. The van der Waals surface area contributed by atoms with Crippen molar-refractivity contribution in [2.45, 2.75) is 118 Å². The number of para-hydroxylation sites is 1. The fourth-order valence-corrected chi connectivity index (χ4v) is 9.88. The van der Waals surface area contributed by atoms with Crippen LogP contribution in [-0.4, -0.2) is 18.1 Å². The molecule has 0 saturated heterocycles. The number of nitrogens with one attached hydrogen (secondary N) is 1. The van der Waals surface area contributed by atoms with Crippen molar-refractivity contribution in [3.63, 3.8) is 0 Å². The van der Waals surface area contributed by atoms with E-state index >= 15 is 0 Å². The van der Waals surface area contributed by atoms with Crippen LogP contribution in [-0.2, 0) is 9.53 Å². The van der Waals surface area contributed by atoms with E-state index in [1.807, 2.05) is 0 Å². The zero-order valence-electron chi connectivity index (χ0n) is 25.0. The van der Waals surface area contributed by atoms with Crippen LogP contribution in [0.25, 0.3) is 0 Å². The van der Waals surface area contributed by atoms with E-state index in [2.05, 4.69) is 76.3 Å². The molecule has 3 fully saturated rings. The second-order valence-electron chi connectivity index (χ2n) is 14.4. The summed E-state index contributed by atoms with van der Waals surface area (Å²) >= 11 is 0. The van der Waals surface area contributed by atoms with Crippen LogP contribution in [0.2, 0.25) is 0 Å². The first-order chi connectivity index (χ1) is 18.1. The Morgan fingerprint density at radius 2 is 1.76 bits per heavy atom. The SMILES string of the molecule is CC(=O)O[C@H]1CC[C@@]2(C)C(=C[C@H](Nc3ccccc3)[C@H]3[C@@H]4CC[C@H]([C@H](C)CCCC(C)C)[C@@]4(C)CC[C@@H]32)C1. The van der Waals surface area contributed by atoms with Crippen LogP contribution in [0.15, 0.2) is 42.0 Å². The quantitative estimate of drug-likeness (QED) is 0.275. The van der Waals surface area contributed by atoms with Gasteiger partial charge in [0.25, 0.3) is 0 Å². The molecule has 3 heteroatoms. The molecule has 0 spiro atoms. The van der Waals surface area contributed by atoms with Gasteiger partial charge in [-0.3, -0.25) is 4.79 Å². The number of carbonyl (C=O) groups excluding carboxylic acids is 1. The Balaban J connectivity index is 1.44. The molecule has 38 heavy (non-hydrogen) atoms. The largest absolute Gasteiger partial charge is 0.462 e. The number of ether oxygens (including phenoxy) is 1. The van der Waals surface area contributed by atoms with Gasteiger partial charge in [-0.2, -0.15) is 0 Å². The normalized spacial score (nSPS) is 39.0. The molecule has 9 atom stereocenters. The van der Waals surface area contributed by atoms with Crippen molar-refractivity contribution >= 4 is 11.7 Å². The molecule has 0 unspecified atom stereocenters. The maximum Gasteiger partial charge on any atom is 0.302 e. The summed E-state index contributed by atoms with van der Waals surface area (Å²) in [5, 5.41) is 4.02. The molecule has 0 aromatic heterocycles. The van der Waals surface area contributed by atoms with Gasteiger partial charge in [0.05, 0.1) is 0 Å². The molecule has 3 nitrogen and oxygen atoms in total. The summed E-state index contributed by atoms with van der Waals surface area (Å²) in [5.74, 6) is 4.51. The van der Waals surface area contributed by atoms with Gasteiger partial charge in [-0.1, -0.05) is 83.7 Å². The lowest BCUT2D eigenvalue weighted by Crippen LogP contribution is -2.56. The van der Waals surface area contributed by atoms with E-state index < -0.39 is 0 Å². The second-order valence-corrected chi connectivity index (χ2v) is 14.4. The molecular formula is C35H53NO2. The number of esters is 1. The van der Waals surface area contributed by atoms with Crippen molar-refractivity contribution in [1.29, 1.82) is 0 Å². The average Bonchev–Trinajstić information content (AvgIpc) is 3.22. The van der Waals surface area contributed by atoms with Crippen molar-refractivity contribution in [1.82, 2.24) is 0 Å².